The lowest BCUT2D eigenvalue weighted by Gasteiger charge is -2.26. The van der Waals surface area contributed by atoms with Gasteiger partial charge in [-0.05, 0) is 37.0 Å². The zero-order chi connectivity index (χ0) is 14.1. The molecule has 3 aliphatic carbocycles. The Hall–Kier alpha value is -1.32. The fourth-order valence-corrected chi connectivity index (χ4v) is 4.27. The highest BCUT2D eigenvalue weighted by Crippen LogP contribution is 2.48. The molecule has 1 amide bonds. The van der Waals surface area contributed by atoms with Gasteiger partial charge < -0.3 is 10.4 Å². The molecule has 0 unspecified atom stereocenters. The second-order valence-corrected chi connectivity index (χ2v) is 6.59. The second kappa shape index (κ2) is 5.58. The summed E-state index contributed by atoms with van der Waals surface area (Å²) in [5.41, 5.74) is 0. The lowest BCUT2D eigenvalue weighted by molar-refractivity contribution is -0.147. The molecular formula is C16H23NO3. The Labute approximate surface area is 119 Å². The van der Waals surface area contributed by atoms with Crippen LogP contribution in [0.5, 0.6) is 0 Å². The highest BCUT2D eigenvalue weighted by atomic mass is 16.4. The normalized spacial score (nSPS) is 36.2. The van der Waals surface area contributed by atoms with Gasteiger partial charge in [-0.1, -0.05) is 31.4 Å². The first kappa shape index (κ1) is 13.7. The fraction of sp³-hybridized carbons (Fsp3) is 0.750. The zero-order valence-electron chi connectivity index (χ0n) is 11.8. The molecule has 3 rings (SSSR count). The number of aliphatic carboxylic acids is 1. The van der Waals surface area contributed by atoms with Crippen molar-refractivity contribution in [2.45, 2.75) is 38.5 Å². The number of fused-ring (bicyclic) bond motifs is 2. The van der Waals surface area contributed by atoms with Crippen molar-refractivity contribution < 1.29 is 14.7 Å². The number of hydrogen-bond donors (Lipinski definition) is 2. The van der Waals surface area contributed by atoms with Crippen LogP contribution in [-0.4, -0.2) is 23.5 Å². The molecule has 4 nitrogen and oxygen atoms in total. The van der Waals surface area contributed by atoms with Gasteiger partial charge in [-0.15, -0.1) is 0 Å². The predicted molar refractivity (Wildman–Crippen MR) is 74.9 cm³/mol. The van der Waals surface area contributed by atoms with Gasteiger partial charge >= 0.3 is 5.97 Å². The van der Waals surface area contributed by atoms with Crippen molar-refractivity contribution in [1.82, 2.24) is 5.32 Å². The molecular weight excluding hydrogens is 254 g/mol. The SMILES string of the molecule is O=C(O)[C@H]1[C@H](C(=O)NCC2CCCCC2)[C@H]2C=C[C@H]1C2. The van der Waals surface area contributed by atoms with Crippen molar-refractivity contribution >= 4 is 11.9 Å². The van der Waals surface area contributed by atoms with Crippen molar-refractivity contribution in [1.29, 1.82) is 0 Å². The van der Waals surface area contributed by atoms with Crippen molar-refractivity contribution in [3.63, 3.8) is 0 Å². The van der Waals surface area contributed by atoms with Crippen molar-refractivity contribution in [2.24, 2.45) is 29.6 Å². The first-order valence-corrected chi connectivity index (χ1v) is 7.85. The summed E-state index contributed by atoms with van der Waals surface area (Å²) in [6.45, 7) is 0.725. The molecule has 0 radical (unpaired) electrons. The van der Waals surface area contributed by atoms with Gasteiger partial charge in [0, 0.05) is 6.54 Å². The molecule has 0 heterocycles. The maximum absolute atomic E-state index is 12.4. The summed E-state index contributed by atoms with van der Waals surface area (Å²) in [6, 6.07) is 0. The summed E-state index contributed by atoms with van der Waals surface area (Å²) in [5, 5.41) is 12.4. The van der Waals surface area contributed by atoms with E-state index in [1.807, 2.05) is 12.2 Å². The molecule has 2 fully saturated rings. The van der Waals surface area contributed by atoms with Gasteiger partial charge in [-0.3, -0.25) is 9.59 Å². The maximum atomic E-state index is 12.4. The van der Waals surface area contributed by atoms with Crippen molar-refractivity contribution in [3.8, 4) is 0 Å². The third kappa shape index (κ3) is 2.48. The molecule has 4 heteroatoms. The Kier molecular flexibility index (Phi) is 3.81. The maximum Gasteiger partial charge on any atom is 0.307 e. The number of carbonyl (C=O) groups excluding carboxylic acids is 1. The van der Waals surface area contributed by atoms with E-state index in [0.29, 0.717) is 5.92 Å². The Morgan fingerprint density at radius 2 is 1.70 bits per heavy atom. The Morgan fingerprint density at radius 3 is 2.35 bits per heavy atom. The molecule has 3 aliphatic rings. The van der Waals surface area contributed by atoms with Crippen LogP contribution >= 0.6 is 0 Å². The molecule has 0 aliphatic heterocycles. The number of nitrogens with one attached hydrogen (secondary N) is 1. The lowest BCUT2D eigenvalue weighted by atomic mass is 9.82. The number of carbonyl (C=O) groups is 2. The zero-order valence-corrected chi connectivity index (χ0v) is 11.8. The number of allylic oxidation sites excluding steroid dienone is 2. The molecule has 0 saturated heterocycles. The van der Waals surface area contributed by atoms with Crippen LogP contribution in [0.25, 0.3) is 0 Å². The highest BCUT2D eigenvalue weighted by molar-refractivity contribution is 5.86. The summed E-state index contributed by atoms with van der Waals surface area (Å²) in [4.78, 5) is 23.8. The molecule has 0 spiro atoms. The Morgan fingerprint density at radius 1 is 1.05 bits per heavy atom. The lowest BCUT2D eigenvalue weighted by Crippen LogP contribution is -2.42. The molecule has 2 N–H and O–H groups in total. The first-order valence-electron chi connectivity index (χ1n) is 7.85. The van der Waals surface area contributed by atoms with Gasteiger partial charge in [0.05, 0.1) is 11.8 Å². The van der Waals surface area contributed by atoms with Crippen LogP contribution in [0.1, 0.15) is 38.5 Å². The van der Waals surface area contributed by atoms with E-state index >= 15 is 0 Å². The number of amides is 1. The van der Waals surface area contributed by atoms with E-state index in [1.54, 1.807) is 0 Å². The van der Waals surface area contributed by atoms with Crippen LogP contribution in [0.4, 0.5) is 0 Å². The summed E-state index contributed by atoms with van der Waals surface area (Å²) >= 11 is 0. The standard InChI is InChI=1S/C16H23NO3/c18-15(17-9-10-4-2-1-3-5-10)13-11-6-7-12(8-11)14(13)16(19)20/h6-7,10-14H,1-5,8-9H2,(H,17,18)(H,19,20)/t11-,12-,13+,14+/m0/s1. The number of carboxylic acid groups (broad SMARTS) is 1. The van der Waals surface area contributed by atoms with E-state index in [4.69, 9.17) is 0 Å². The van der Waals surface area contributed by atoms with Gasteiger partial charge in [-0.25, -0.2) is 0 Å². The fourth-order valence-electron chi connectivity index (χ4n) is 4.27. The van der Waals surface area contributed by atoms with Crippen LogP contribution in [-0.2, 0) is 9.59 Å². The van der Waals surface area contributed by atoms with Crippen molar-refractivity contribution in [3.05, 3.63) is 12.2 Å². The largest absolute Gasteiger partial charge is 0.481 e. The third-order valence-corrected chi connectivity index (χ3v) is 5.34. The van der Waals surface area contributed by atoms with Gasteiger partial charge in [0.2, 0.25) is 5.91 Å². The van der Waals surface area contributed by atoms with Gasteiger partial charge in [0.15, 0.2) is 0 Å². The van der Waals surface area contributed by atoms with E-state index in [1.165, 1.54) is 32.1 Å². The van der Waals surface area contributed by atoms with Gasteiger partial charge in [0.25, 0.3) is 0 Å². The average molecular weight is 277 g/mol. The minimum absolute atomic E-state index is 0.0418. The minimum atomic E-state index is -0.820. The predicted octanol–water partition coefficient (Wildman–Crippen LogP) is 2.21. The minimum Gasteiger partial charge on any atom is -0.481 e. The third-order valence-electron chi connectivity index (χ3n) is 5.34. The quantitative estimate of drug-likeness (QED) is 0.774. The summed E-state index contributed by atoms with van der Waals surface area (Å²) in [5.74, 6) is -0.956. The van der Waals surface area contributed by atoms with Crippen LogP contribution < -0.4 is 5.32 Å². The molecule has 20 heavy (non-hydrogen) atoms. The smallest absolute Gasteiger partial charge is 0.307 e. The van der Waals surface area contributed by atoms with E-state index in [-0.39, 0.29) is 23.7 Å². The molecule has 4 atom stereocenters. The number of rotatable bonds is 4. The highest BCUT2D eigenvalue weighted by Gasteiger charge is 2.51. The molecule has 0 aromatic carbocycles. The van der Waals surface area contributed by atoms with Crippen LogP contribution in [0.2, 0.25) is 0 Å². The van der Waals surface area contributed by atoms with Crippen molar-refractivity contribution in [2.75, 3.05) is 6.54 Å². The van der Waals surface area contributed by atoms with E-state index in [0.717, 1.165) is 13.0 Å². The van der Waals surface area contributed by atoms with E-state index < -0.39 is 11.9 Å². The molecule has 0 aromatic heterocycles. The Balaban J connectivity index is 1.58. The number of carboxylic acids is 1. The van der Waals surface area contributed by atoms with Gasteiger partial charge in [0.1, 0.15) is 0 Å². The monoisotopic (exact) mass is 277 g/mol. The van der Waals surface area contributed by atoms with Crippen LogP contribution in [0.3, 0.4) is 0 Å². The molecule has 2 saturated carbocycles. The molecule has 110 valence electrons. The second-order valence-electron chi connectivity index (χ2n) is 6.59. The topological polar surface area (TPSA) is 66.4 Å². The average Bonchev–Trinajstić information content (AvgIpc) is 3.06. The summed E-state index contributed by atoms with van der Waals surface area (Å²) < 4.78 is 0. The van der Waals surface area contributed by atoms with Crippen LogP contribution in [0, 0.1) is 29.6 Å². The Bertz CT molecular complexity index is 425. The molecule has 2 bridgehead atoms. The van der Waals surface area contributed by atoms with Gasteiger partial charge in [-0.2, -0.15) is 0 Å². The van der Waals surface area contributed by atoms with E-state index in [2.05, 4.69) is 5.32 Å². The van der Waals surface area contributed by atoms with E-state index in [9.17, 15) is 14.7 Å². The number of hydrogen-bond acceptors (Lipinski definition) is 2. The van der Waals surface area contributed by atoms with Crippen LogP contribution in [0.15, 0.2) is 12.2 Å². The summed E-state index contributed by atoms with van der Waals surface area (Å²) in [7, 11) is 0. The summed E-state index contributed by atoms with van der Waals surface area (Å²) in [6.07, 6.45) is 11.1. The molecule has 0 aromatic rings. The first-order chi connectivity index (χ1) is 9.66.